The summed E-state index contributed by atoms with van der Waals surface area (Å²) < 4.78 is 12.0. The van der Waals surface area contributed by atoms with Crippen molar-refractivity contribution >= 4 is 11.6 Å². The van der Waals surface area contributed by atoms with Gasteiger partial charge in [0.15, 0.2) is 5.65 Å². The van der Waals surface area contributed by atoms with Crippen LogP contribution in [0.4, 0.5) is 0 Å². The number of carboxylic acid groups (broad SMARTS) is 1. The molecule has 0 unspecified atom stereocenters. The molecule has 2 aromatic heterocycles. The Morgan fingerprint density at radius 1 is 1.23 bits per heavy atom. The Labute approximate surface area is 125 Å². The van der Waals surface area contributed by atoms with E-state index in [2.05, 4.69) is 10.1 Å². The van der Waals surface area contributed by atoms with Gasteiger partial charge in [0.2, 0.25) is 0 Å². The Kier molecular flexibility index (Phi) is 3.38. The van der Waals surface area contributed by atoms with Crippen molar-refractivity contribution in [1.29, 1.82) is 0 Å². The first-order chi connectivity index (χ1) is 10.6. The number of hydrogen-bond acceptors (Lipinski definition) is 5. The van der Waals surface area contributed by atoms with Gasteiger partial charge in [0.05, 0.1) is 25.5 Å². The minimum atomic E-state index is -1.05. The predicted molar refractivity (Wildman–Crippen MR) is 78.5 cm³/mol. The predicted octanol–water partition coefficient (Wildman–Crippen LogP) is 2.11. The SMILES string of the molecule is COc1ccc(-c2cc3ncc(C(=O)O)cn3n2)c(OC)c1. The summed E-state index contributed by atoms with van der Waals surface area (Å²) in [5.74, 6) is 0.241. The number of aromatic carboxylic acids is 1. The van der Waals surface area contributed by atoms with Gasteiger partial charge < -0.3 is 14.6 Å². The van der Waals surface area contributed by atoms with Crippen molar-refractivity contribution in [2.45, 2.75) is 0 Å². The van der Waals surface area contributed by atoms with E-state index in [1.54, 1.807) is 32.4 Å². The summed E-state index contributed by atoms with van der Waals surface area (Å²) in [6.07, 6.45) is 2.72. The molecule has 112 valence electrons. The van der Waals surface area contributed by atoms with Gasteiger partial charge in [0.1, 0.15) is 11.5 Å². The first-order valence-electron chi connectivity index (χ1n) is 6.43. The van der Waals surface area contributed by atoms with Crippen molar-refractivity contribution in [1.82, 2.24) is 14.6 Å². The van der Waals surface area contributed by atoms with Gasteiger partial charge in [0.25, 0.3) is 0 Å². The molecule has 1 N–H and O–H groups in total. The molecule has 7 heteroatoms. The fraction of sp³-hybridized carbons (Fsp3) is 0.133. The number of fused-ring (bicyclic) bond motifs is 1. The number of aromatic nitrogens is 3. The molecule has 0 amide bonds. The molecule has 0 radical (unpaired) electrons. The summed E-state index contributed by atoms with van der Waals surface area (Å²) in [6, 6.07) is 7.15. The zero-order chi connectivity index (χ0) is 15.7. The highest BCUT2D eigenvalue weighted by Gasteiger charge is 2.13. The summed E-state index contributed by atoms with van der Waals surface area (Å²) in [5, 5.41) is 13.4. The van der Waals surface area contributed by atoms with E-state index in [-0.39, 0.29) is 5.56 Å². The van der Waals surface area contributed by atoms with Gasteiger partial charge >= 0.3 is 5.97 Å². The van der Waals surface area contributed by atoms with Crippen LogP contribution >= 0.6 is 0 Å². The zero-order valence-electron chi connectivity index (χ0n) is 12.0. The topological polar surface area (TPSA) is 86.0 Å². The second kappa shape index (κ2) is 5.36. The molecule has 0 saturated carbocycles. The maximum atomic E-state index is 11.0. The number of hydrogen-bond donors (Lipinski definition) is 1. The van der Waals surface area contributed by atoms with Crippen molar-refractivity contribution in [3.05, 3.63) is 42.2 Å². The highest BCUT2D eigenvalue weighted by atomic mass is 16.5. The Morgan fingerprint density at radius 3 is 2.73 bits per heavy atom. The lowest BCUT2D eigenvalue weighted by Gasteiger charge is -2.08. The summed E-state index contributed by atoms with van der Waals surface area (Å²) >= 11 is 0. The minimum absolute atomic E-state index is 0.0730. The highest BCUT2D eigenvalue weighted by Crippen LogP contribution is 2.32. The fourth-order valence-electron chi connectivity index (χ4n) is 2.13. The van der Waals surface area contributed by atoms with Crippen molar-refractivity contribution < 1.29 is 19.4 Å². The average Bonchev–Trinajstić information content (AvgIpc) is 2.96. The quantitative estimate of drug-likeness (QED) is 0.794. The summed E-state index contributed by atoms with van der Waals surface area (Å²) in [4.78, 5) is 15.1. The summed E-state index contributed by atoms with van der Waals surface area (Å²) in [5.41, 5.74) is 2.03. The van der Waals surface area contributed by atoms with Crippen molar-refractivity contribution in [3.8, 4) is 22.8 Å². The molecule has 0 aliphatic rings. The summed E-state index contributed by atoms with van der Waals surface area (Å²) in [7, 11) is 3.14. The Balaban J connectivity index is 2.12. The van der Waals surface area contributed by atoms with Gasteiger partial charge in [-0.2, -0.15) is 5.10 Å². The van der Waals surface area contributed by atoms with Gasteiger partial charge in [-0.3, -0.25) is 0 Å². The molecule has 3 rings (SSSR count). The lowest BCUT2D eigenvalue weighted by atomic mass is 10.1. The van der Waals surface area contributed by atoms with Crippen LogP contribution in [-0.2, 0) is 0 Å². The van der Waals surface area contributed by atoms with Gasteiger partial charge in [0, 0.05) is 30.1 Å². The second-order valence-electron chi connectivity index (χ2n) is 4.55. The van der Waals surface area contributed by atoms with Gasteiger partial charge in [-0.1, -0.05) is 0 Å². The van der Waals surface area contributed by atoms with E-state index in [4.69, 9.17) is 14.6 Å². The smallest absolute Gasteiger partial charge is 0.338 e. The van der Waals surface area contributed by atoms with Crippen molar-refractivity contribution in [2.75, 3.05) is 14.2 Å². The molecule has 0 spiro atoms. The largest absolute Gasteiger partial charge is 0.497 e. The normalized spacial score (nSPS) is 10.6. The van der Waals surface area contributed by atoms with Gasteiger partial charge in [-0.15, -0.1) is 0 Å². The van der Waals surface area contributed by atoms with Crippen LogP contribution in [0.2, 0.25) is 0 Å². The third-order valence-electron chi connectivity index (χ3n) is 3.24. The van der Waals surface area contributed by atoms with Crippen LogP contribution in [0, 0.1) is 0 Å². The Bertz CT molecular complexity index is 857. The van der Waals surface area contributed by atoms with Crippen LogP contribution in [0.5, 0.6) is 11.5 Å². The molecular weight excluding hydrogens is 286 g/mol. The first kappa shape index (κ1) is 13.9. The molecule has 0 saturated heterocycles. The number of carboxylic acids is 1. The van der Waals surface area contributed by atoms with Crippen LogP contribution in [0.15, 0.2) is 36.7 Å². The number of carbonyl (C=O) groups is 1. The number of methoxy groups -OCH3 is 2. The third kappa shape index (κ3) is 2.32. The van der Waals surface area contributed by atoms with Crippen LogP contribution in [-0.4, -0.2) is 39.9 Å². The average molecular weight is 299 g/mol. The first-order valence-corrected chi connectivity index (χ1v) is 6.43. The molecule has 0 aliphatic carbocycles. The molecule has 3 aromatic rings. The molecule has 0 fully saturated rings. The van der Waals surface area contributed by atoms with E-state index in [0.717, 1.165) is 5.56 Å². The molecule has 0 aliphatic heterocycles. The third-order valence-corrected chi connectivity index (χ3v) is 3.24. The molecule has 2 heterocycles. The zero-order valence-corrected chi connectivity index (χ0v) is 12.0. The molecule has 22 heavy (non-hydrogen) atoms. The van der Waals surface area contributed by atoms with E-state index >= 15 is 0 Å². The second-order valence-corrected chi connectivity index (χ2v) is 4.55. The van der Waals surface area contributed by atoms with E-state index in [9.17, 15) is 4.79 Å². The van der Waals surface area contributed by atoms with E-state index < -0.39 is 5.97 Å². The van der Waals surface area contributed by atoms with Crippen LogP contribution < -0.4 is 9.47 Å². The van der Waals surface area contributed by atoms with E-state index in [0.29, 0.717) is 22.8 Å². The monoisotopic (exact) mass is 299 g/mol. The van der Waals surface area contributed by atoms with Crippen molar-refractivity contribution in [3.63, 3.8) is 0 Å². The highest BCUT2D eigenvalue weighted by molar-refractivity contribution is 5.87. The number of benzene rings is 1. The van der Waals surface area contributed by atoms with Crippen LogP contribution in [0.1, 0.15) is 10.4 Å². The van der Waals surface area contributed by atoms with Crippen LogP contribution in [0.3, 0.4) is 0 Å². The molecule has 1 aromatic carbocycles. The molecular formula is C15H13N3O4. The van der Waals surface area contributed by atoms with E-state index in [1.807, 2.05) is 6.07 Å². The number of ether oxygens (including phenoxy) is 2. The maximum Gasteiger partial charge on any atom is 0.338 e. The van der Waals surface area contributed by atoms with Crippen molar-refractivity contribution in [2.24, 2.45) is 0 Å². The summed E-state index contributed by atoms with van der Waals surface area (Å²) in [6.45, 7) is 0. The molecule has 7 nitrogen and oxygen atoms in total. The maximum absolute atomic E-state index is 11.0. The lowest BCUT2D eigenvalue weighted by molar-refractivity contribution is 0.0695. The molecule has 0 bridgehead atoms. The fourth-order valence-corrected chi connectivity index (χ4v) is 2.13. The lowest BCUT2D eigenvalue weighted by Crippen LogP contribution is -2.01. The Morgan fingerprint density at radius 2 is 2.05 bits per heavy atom. The number of nitrogens with zero attached hydrogens (tertiary/aromatic N) is 3. The Hall–Kier alpha value is -3.09. The van der Waals surface area contributed by atoms with Gasteiger partial charge in [-0.05, 0) is 12.1 Å². The minimum Gasteiger partial charge on any atom is -0.497 e. The van der Waals surface area contributed by atoms with E-state index in [1.165, 1.54) is 16.9 Å². The standard InChI is InChI=1S/C15H13N3O4/c1-21-10-3-4-11(13(5-10)22-2)12-6-14-16-7-9(15(19)20)8-18(14)17-12/h3-8H,1-2H3,(H,19,20). The number of rotatable bonds is 4. The van der Waals surface area contributed by atoms with Gasteiger partial charge in [-0.25, -0.2) is 14.3 Å². The molecule has 0 atom stereocenters. The van der Waals surface area contributed by atoms with Crippen LogP contribution in [0.25, 0.3) is 16.9 Å².